The quantitative estimate of drug-likeness (QED) is 0.824. The van der Waals surface area contributed by atoms with Gasteiger partial charge in [-0.2, -0.15) is 0 Å². The van der Waals surface area contributed by atoms with Crippen LogP contribution in [-0.4, -0.2) is 16.8 Å². The average Bonchev–Trinajstić information content (AvgIpc) is 2.47. The third-order valence-corrected chi connectivity index (χ3v) is 6.57. The maximum absolute atomic E-state index is 11.5. The van der Waals surface area contributed by atoms with Gasteiger partial charge in [-0.05, 0) is 18.1 Å². The summed E-state index contributed by atoms with van der Waals surface area (Å²) in [5, 5.41) is 6.01. The summed E-state index contributed by atoms with van der Waals surface area (Å²) >= 11 is 0.697. The zero-order valence-corrected chi connectivity index (χ0v) is 11.0. The average molecular weight is 302 g/mol. The van der Waals surface area contributed by atoms with Crippen molar-refractivity contribution in [2.75, 3.05) is 0 Å². The lowest BCUT2D eigenvalue weighted by molar-refractivity contribution is 0.599. The van der Waals surface area contributed by atoms with Gasteiger partial charge in [0.15, 0.2) is 0 Å². The Morgan fingerprint density at radius 1 is 1.38 bits per heavy atom. The summed E-state index contributed by atoms with van der Waals surface area (Å²) in [4.78, 5) is 0. The molecule has 0 fully saturated rings. The summed E-state index contributed by atoms with van der Waals surface area (Å²) in [5.41, 5.74) is 0.492. The number of allylic oxidation sites excluding steroid dienone is 1. The smallest absolute Gasteiger partial charge is 0.224 e. The van der Waals surface area contributed by atoms with Crippen LogP contribution >= 0.6 is 23.7 Å². The molecule has 1 aliphatic rings. The van der Waals surface area contributed by atoms with Crippen LogP contribution in [0.4, 0.5) is 0 Å². The summed E-state index contributed by atoms with van der Waals surface area (Å²) in [6.45, 7) is 0. The largest absolute Gasteiger partial charge is 0.247 e. The van der Waals surface area contributed by atoms with Crippen molar-refractivity contribution in [2.45, 2.75) is 14.8 Å². The fourth-order valence-corrected chi connectivity index (χ4v) is 4.99. The minimum atomic E-state index is -3.82. The van der Waals surface area contributed by atoms with E-state index in [0.29, 0.717) is 23.3 Å². The molecule has 0 radical (unpaired) electrons. The molecule has 1 aromatic rings. The Labute approximate surface area is 103 Å². The number of rotatable bonds is 1. The molecule has 0 bridgehead atoms. The zero-order valence-electron chi connectivity index (χ0n) is 7.78. The molecular weight excluding hydrogens is 294 g/mol. The number of sulfone groups is 1. The van der Waals surface area contributed by atoms with Gasteiger partial charge in [0.2, 0.25) is 19.9 Å². The highest BCUT2D eigenvalue weighted by Gasteiger charge is 2.25. The Hall–Kier alpha value is -0.410. The second kappa shape index (κ2) is 4.11. The van der Waals surface area contributed by atoms with E-state index in [4.69, 9.17) is 5.14 Å². The number of nitrogens with two attached hydrogens (primary N) is 1. The number of hydrogen-bond donors (Lipinski definition) is 1. The van der Waals surface area contributed by atoms with Gasteiger partial charge in [-0.1, -0.05) is 6.08 Å². The van der Waals surface area contributed by atoms with Gasteiger partial charge >= 0.3 is 0 Å². The van der Waals surface area contributed by atoms with Crippen LogP contribution in [0.3, 0.4) is 0 Å². The Balaban J connectivity index is 0.00000128. The van der Waals surface area contributed by atoms with Crippen molar-refractivity contribution in [3.63, 3.8) is 0 Å². The van der Waals surface area contributed by atoms with Crippen LogP contribution in [0.5, 0.6) is 0 Å². The van der Waals surface area contributed by atoms with E-state index >= 15 is 0 Å². The molecule has 1 aromatic heterocycles. The third-order valence-electron chi connectivity index (χ3n) is 1.90. The fourth-order valence-electron chi connectivity index (χ4n) is 1.27. The van der Waals surface area contributed by atoms with Gasteiger partial charge in [0.1, 0.15) is 8.42 Å². The van der Waals surface area contributed by atoms with Crippen LogP contribution in [0.15, 0.2) is 26.0 Å². The molecule has 0 aromatic carbocycles. The first-order valence-electron chi connectivity index (χ1n) is 3.88. The van der Waals surface area contributed by atoms with E-state index in [2.05, 4.69) is 0 Å². The minimum absolute atomic E-state index is 0. The molecular formula is C7H8ClNO4S3. The summed E-state index contributed by atoms with van der Waals surface area (Å²) in [6.07, 6.45) is 1.90. The van der Waals surface area contributed by atoms with Crippen LogP contribution < -0.4 is 5.14 Å². The first-order chi connectivity index (χ1) is 6.81. The number of sulfonamides is 1. The predicted octanol–water partition coefficient (Wildman–Crippen LogP) is 0.661. The van der Waals surface area contributed by atoms with Gasteiger partial charge in [0.05, 0.1) is 0 Å². The van der Waals surface area contributed by atoms with E-state index < -0.39 is 19.9 Å². The maximum Gasteiger partial charge on any atom is 0.247 e. The molecule has 0 spiro atoms. The highest BCUT2D eigenvalue weighted by atomic mass is 35.5. The van der Waals surface area contributed by atoms with E-state index in [1.54, 1.807) is 0 Å². The van der Waals surface area contributed by atoms with Crippen molar-refractivity contribution in [1.29, 1.82) is 0 Å². The van der Waals surface area contributed by atoms with Crippen molar-refractivity contribution >= 4 is 43.6 Å². The van der Waals surface area contributed by atoms with Gasteiger partial charge < -0.3 is 0 Å². The molecule has 9 heteroatoms. The topological polar surface area (TPSA) is 94.3 Å². The first kappa shape index (κ1) is 13.7. The van der Waals surface area contributed by atoms with Crippen LogP contribution in [0.2, 0.25) is 0 Å². The normalized spacial score (nSPS) is 17.6. The molecule has 0 saturated carbocycles. The van der Waals surface area contributed by atoms with Gasteiger partial charge in [0.25, 0.3) is 0 Å². The number of hydrogen-bond acceptors (Lipinski definition) is 5. The molecule has 1 aliphatic heterocycles. The Morgan fingerprint density at radius 3 is 2.50 bits per heavy atom. The van der Waals surface area contributed by atoms with Gasteiger partial charge in [0, 0.05) is 5.41 Å². The molecule has 5 nitrogen and oxygen atoms in total. The molecule has 0 atom stereocenters. The van der Waals surface area contributed by atoms with Crippen LogP contribution in [0.25, 0.3) is 0 Å². The third kappa shape index (κ3) is 2.30. The predicted molar refractivity (Wildman–Crippen MR) is 63.0 cm³/mol. The van der Waals surface area contributed by atoms with E-state index in [1.165, 1.54) is 12.1 Å². The Bertz CT molecular complexity index is 641. The second-order valence-corrected chi connectivity index (χ2v) is 7.91. The van der Waals surface area contributed by atoms with Crippen molar-refractivity contribution in [1.82, 2.24) is 0 Å². The molecule has 2 heterocycles. The van der Waals surface area contributed by atoms with Crippen molar-refractivity contribution in [3.05, 3.63) is 23.1 Å². The van der Waals surface area contributed by atoms with Crippen molar-refractivity contribution in [2.24, 2.45) is 5.14 Å². The number of fused-ring (bicyclic) bond motifs is 1. The van der Waals surface area contributed by atoms with Gasteiger partial charge in [-0.15, -0.1) is 23.7 Å². The highest BCUT2D eigenvalue weighted by Crippen LogP contribution is 2.33. The molecule has 0 saturated heterocycles. The Kier molecular flexibility index (Phi) is 3.51. The maximum atomic E-state index is 11.5. The molecule has 0 amide bonds. The SMILES string of the molecule is Cl.NS(=O)(=O)c1cc2c(s1)S(=O)(=O)C=CC2. The van der Waals surface area contributed by atoms with Crippen molar-refractivity contribution in [3.8, 4) is 0 Å². The highest BCUT2D eigenvalue weighted by molar-refractivity contribution is 7.97. The molecule has 0 unspecified atom stereocenters. The van der Waals surface area contributed by atoms with Crippen molar-refractivity contribution < 1.29 is 16.8 Å². The Morgan fingerprint density at radius 2 is 2.00 bits per heavy atom. The van der Waals surface area contributed by atoms with Crippen LogP contribution in [0.1, 0.15) is 5.56 Å². The molecule has 90 valence electrons. The summed E-state index contributed by atoms with van der Waals surface area (Å²) in [5.74, 6) is 0. The molecule has 2 N–H and O–H groups in total. The van der Waals surface area contributed by atoms with E-state index in [0.717, 1.165) is 5.41 Å². The van der Waals surface area contributed by atoms with Crippen LogP contribution in [-0.2, 0) is 26.3 Å². The van der Waals surface area contributed by atoms with E-state index in [1.807, 2.05) is 0 Å². The van der Waals surface area contributed by atoms with Gasteiger partial charge in [-0.25, -0.2) is 22.0 Å². The van der Waals surface area contributed by atoms with E-state index in [-0.39, 0.29) is 20.8 Å². The van der Waals surface area contributed by atoms with Gasteiger partial charge in [-0.3, -0.25) is 0 Å². The summed E-state index contributed by atoms with van der Waals surface area (Å²) in [7, 11) is -7.28. The first-order valence-corrected chi connectivity index (χ1v) is 7.79. The van der Waals surface area contributed by atoms with E-state index in [9.17, 15) is 16.8 Å². The summed E-state index contributed by atoms with van der Waals surface area (Å²) < 4.78 is 45.0. The zero-order chi connectivity index (χ0) is 11.3. The monoisotopic (exact) mass is 301 g/mol. The lowest BCUT2D eigenvalue weighted by Gasteiger charge is -2.03. The number of thiophene rings is 1. The molecule has 16 heavy (non-hydrogen) atoms. The number of halogens is 1. The van der Waals surface area contributed by atoms with Crippen LogP contribution in [0, 0.1) is 0 Å². The minimum Gasteiger partial charge on any atom is -0.224 e. The molecule has 2 rings (SSSR count). The standard InChI is InChI=1S/C7H7NO4S3.ClH/c8-15(11,12)6-4-5-2-1-3-14(9,10)7(5)13-6;/h1,3-4H,2H2,(H2,8,11,12);1H. The second-order valence-electron chi connectivity index (χ2n) is 3.04. The molecule has 0 aliphatic carbocycles. The fraction of sp³-hybridized carbons (Fsp3) is 0.143. The summed E-state index contributed by atoms with van der Waals surface area (Å²) in [6, 6.07) is 1.32. The lowest BCUT2D eigenvalue weighted by Crippen LogP contribution is -2.09. The number of primary sulfonamides is 1. The lowest BCUT2D eigenvalue weighted by atomic mass is 10.2.